The monoisotopic (exact) mass is 488 g/mol. The summed E-state index contributed by atoms with van der Waals surface area (Å²) in [6.07, 6.45) is 0. The van der Waals surface area contributed by atoms with Crippen LogP contribution in [-0.4, -0.2) is 15.9 Å². The lowest BCUT2D eigenvalue weighted by molar-refractivity contribution is 0.591. The van der Waals surface area contributed by atoms with E-state index in [1.165, 1.54) is 71.4 Å². The van der Waals surface area contributed by atoms with E-state index in [0.29, 0.717) is 0 Å². The lowest BCUT2D eigenvalue weighted by atomic mass is 9.48. The van der Waals surface area contributed by atoms with Crippen molar-refractivity contribution in [1.82, 2.24) is 9.05 Å². The Morgan fingerprint density at radius 2 is 1.24 bits per heavy atom. The van der Waals surface area contributed by atoms with E-state index < -0.39 is 0 Å². The summed E-state index contributed by atoms with van der Waals surface area (Å²) in [7, 11) is 0. The maximum atomic E-state index is 2.61. The molecule has 0 atom stereocenters. The highest BCUT2D eigenvalue weighted by molar-refractivity contribution is 6.88. The predicted molar refractivity (Wildman–Crippen MR) is 164 cm³/mol. The van der Waals surface area contributed by atoms with Crippen LogP contribution in [-0.2, 0) is 5.41 Å². The zero-order valence-electron chi connectivity index (χ0n) is 22.3. The largest absolute Gasteiger partial charge is 0.376 e. The topological polar surface area (TPSA) is 9.86 Å². The lowest BCUT2D eigenvalue weighted by Gasteiger charge is -2.28. The zero-order valence-corrected chi connectivity index (χ0v) is 22.3. The highest BCUT2D eigenvalue weighted by Gasteiger charge is 2.36. The van der Waals surface area contributed by atoms with Gasteiger partial charge in [-0.1, -0.05) is 106 Å². The van der Waals surface area contributed by atoms with E-state index in [-0.39, 0.29) is 12.3 Å². The molecule has 0 saturated heterocycles. The molecule has 3 heterocycles. The second-order valence-corrected chi connectivity index (χ2v) is 11.9. The molecule has 7 aromatic rings. The molecule has 182 valence electrons. The molecule has 0 radical (unpaired) electrons. The number of hydrogen-bond acceptors (Lipinski definition) is 0. The van der Waals surface area contributed by atoms with Gasteiger partial charge in [-0.3, -0.25) is 0 Å². The predicted octanol–water partition coefficient (Wildman–Crippen LogP) is 7.46. The van der Waals surface area contributed by atoms with E-state index in [0.717, 1.165) is 0 Å². The molecule has 5 aromatic carbocycles. The standard InChI is InChI=1S/C35H29BN2/c1-22-11-9-13-26-24-12-5-7-17-30(24)38(33(22)26)36-28-15-6-8-18-31(28)37-32-21-23(35(2,3)4)19-20-25(32)27-14-10-16-29(36)34(27)37/h5-21H,1-4H3. The minimum Gasteiger partial charge on any atom is -0.376 e. The Balaban J connectivity index is 1.57. The molecule has 0 bridgehead atoms. The number of aryl methyl sites for hydroxylation is 1. The number of aromatic nitrogens is 2. The summed E-state index contributed by atoms with van der Waals surface area (Å²) >= 11 is 0. The normalized spacial score (nSPS) is 13.2. The van der Waals surface area contributed by atoms with Gasteiger partial charge in [0.05, 0.1) is 11.0 Å². The highest BCUT2D eigenvalue weighted by atomic mass is 15.0. The zero-order chi connectivity index (χ0) is 25.8. The summed E-state index contributed by atoms with van der Waals surface area (Å²) in [5, 5.41) is 5.29. The molecular weight excluding hydrogens is 459 g/mol. The third-order valence-electron chi connectivity index (χ3n) is 8.64. The number of para-hydroxylation sites is 4. The van der Waals surface area contributed by atoms with Crippen LogP contribution >= 0.6 is 0 Å². The minimum atomic E-state index is 0.0808. The van der Waals surface area contributed by atoms with Crippen molar-refractivity contribution >= 4 is 61.4 Å². The van der Waals surface area contributed by atoms with Crippen LogP contribution in [0.3, 0.4) is 0 Å². The third-order valence-corrected chi connectivity index (χ3v) is 8.64. The van der Waals surface area contributed by atoms with Gasteiger partial charge in [0.25, 0.3) is 0 Å². The molecule has 0 unspecified atom stereocenters. The van der Waals surface area contributed by atoms with Crippen molar-refractivity contribution in [3.8, 4) is 5.69 Å². The number of nitrogens with zero attached hydrogens (tertiary/aromatic N) is 2. The SMILES string of the molecule is Cc1cccc2c3ccccc3n(B3c4ccccc4-n4c5cc(C(C)(C)C)ccc5c5cccc3c54)c12. The van der Waals surface area contributed by atoms with Crippen molar-refractivity contribution in [1.29, 1.82) is 0 Å². The van der Waals surface area contributed by atoms with Crippen molar-refractivity contribution < 1.29 is 0 Å². The second kappa shape index (κ2) is 7.42. The van der Waals surface area contributed by atoms with Gasteiger partial charge in [0.1, 0.15) is 0 Å². The van der Waals surface area contributed by atoms with Gasteiger partial charge in [-0.05, 0) is 52.6 Å². The van der Waals surface area contributed by atoms with Crippen LogP contribution < -0.4 is 10.9 Å². The summed E-state index contributed by atoms with van der Waals surface area (Å²) in [5.74, 6) is 0. The number of fused-ring (bicyclic) bond motifs is 8. The van der Waals surface area contributed by atoms with Gasteiger partial charge in [0.15, 0.2) is 0 Å². The average molecular weight is 488 g/mol. The Bertz CT molecular complexity index is 2080. The Morgan fingerprint density at radius 1 is 0.579 bits per heavy atom. The molecule has 0 saturated carbocycles. The van der Waals surface area contributed by atoms with Gasteiger partial charge >= 0.3 is 6.85 Å². The van der Waals surface area contributed by atoms with Gasteiger partial charge in [0, 0.05) is 38.3 Å². The van der Waals surface area contributed by atoms with Crippen molar-refractivity contribution in [2.24, 2.45) is 0 Å². The highest BCUT2D eigenvalue weighted by Crippen LogP contribution is 2.38. The Hall–Kier alpha value is -4.24. The minimum absolute atomic E-state index is 0.0808. The van der Waals surface area contributed by atoms with E-state index in [1.807, 2.05) is 0 Å². The van der Waals surface area contributed by atoms with E-state index in [4.69, 9.17) is 0 Å². The van der Waals surface area contributed by atoms with Crippen LogP contribution in [0.4, 0.5) is 0 Å². The second-order valence-electron chi connectivity index (χ2n) is 11.9. The number of rotatable bonds is 1. The van der Waals surface area contributed by atoms with Gasteiger partial charge < -0.3 is 9.05 Å². The summed E-state index contributed by atoms with van der Waals surface area (Å²) in [6.45, 7) is 9.22. The third kappa shape index (κ3) is 2.74. The van der Waals surface area contributed by atoms with Crippen LogP contribution in [0.15, 0.2) is 103 Å². The van der Waals surface area contributed by atoms with Crippen molar-refractivity contribution in [2.75, 3.05) is 0 Å². The Labute approximate surface area is 223 Å². The molecule has 8 rings (SSSR count). The summed E-state index contributed by atoms with van der Waals surface area (Å²) in [5.41, 5.74) is 12.0. The first kappa shape index (κ1) is 21.8. The van der Waals surface area contributed by atoms with E-state index in [9.17, 15) is 0 Å². The van der Waals surface area contributed by atoms with Crippen LogP contribution in [0.2, 0.25) is 0 Å². The molecule has 2 nitrogen and oxygen atoms in total. The smallest absolute Gasteiger partial charge is 0.332 e. The van der Waals surface area contributed by atoms with Crippen LogP contribution in [0.25, 0.3) is 49.3 Å². The first-order valence-electron chi connectivity index (χ1n) is 13.6. The first-order chi connectivity index (χ1) is 18.4. The Morgan fingerprint density at radius 3 is 2.08 bits per heavy atom. The molecule has 0 fully saturated rings. The van der Waals surface area contributed by atoms with Crippen LogP contribution in [0.5, 0.6) is 0 Å². The molecular formula is C35H29BN2. The van der Waals surface area contributed by atoms with Gasteiger partial charge in [-0.2, -0.15) is 0 Å². The van der Waals surface area contributed by atoms with Crippen molar-refractivity contribution in [3.05, 3.63) is 114 Å². The van der Waals surface area contributed by atoms with E-state index >= 15 is 0 Å². The quantitative estimate of drug-likeness (QED) is 0.212. The molecule has 3 heteroatoms. The number of hydrogen-bond donors (Lipinski definition) is 0. The summed E-state index contributed by atoms with van der Waals surface area (Å²) < 4.78 is 5.14. The van der Waals surface area contributed by atoms with Crippen LogP contribution in [0, 0.1) is 6.92 Å². The van der Waals surface area contributed by atoms with Gasteiger partial charge in [0.2, 0.25) is 0 Å². The average Bonchev–Trinajstić information content (AvgIpc) is 3.44. The van der Waals surface area contributed by atoms with Crippen LogP contribution in [0.1, 0.15) is 31.9 Å². The maximum Gasteiger partial charge on any atom is 0.332 e. The molecule has 1 aliphatic heterocycles. The first-order valence-corrected chi connectivity index (χ1v) is 13.6. The van der Waals surface area contributed by atoms with Gasteiger partial charge in [-0.25, -0.2) is 0 Å². The number of benzene rings is 5. The van der Waals surface area contributed by atoms with E-state index in [2.05, 4.69) is 140 Å². The molecule has 38 heavy (non-hydrogen) atoms. The van der Waals surface area contributed by atoms with Crippen molar-refractivity contribution in [2.45, 2.75) is 33.1 Å². The van der Waals surface area contributed by atoms with Gasteiger partial charge in [-0.15, -0.1) is 0 Å². The molecule has 0 N–H and O–H groups in total. The molecule has 0 spiro atoms. The fourth-order valence-corrected chi connectivity index (χ4v) is 6.89. The fourth-order valence-electron chi connectivity index (χ4n) is 6.89. The van der Waals surface area contributed by atoms with E-state index in [1.54, 1.807) is 0 Å². The Kier molecular flexibility index (Phi) is 4.26. The summed E-state index contributed by atoms with van der Waals surface area (Å²) in [4.78, 5) is 0. The van der Waals surface area contributed by atoms with Crippen molar-refractivity contribution in [3.63, 3.8) is 0 Å². The molecule has 2 aromatic heterocycles. The maximum absolute atomic E-state index is 2.61. The molecule has 1 aliphatic rings. The molecule has 0 amide bonds. The lowest BCUT2D eigenvalue weighted by Crippen LogP contribution is -2.53. The fraction of sp³-hybridized carbons (Fsp3) is 0.143. The summed E-state index contributed by atoms with van der Waals surface area (Å²) in [6, 6.07) is 38.6. The molecule has 0 aliphatic carbocycles.